The molecule has 1 N–H and O–H groups in total. The van der Waals surface area contributed by atoms with E-state index in [2.05, 4.69) is 15.5 Å². The topological polar surface area (TPSA) is 54.9 Å². The second-order valence-corrected chi connectivity index (χ2v) is 4.93. The molecular weight excluding hydrogens is 270 g/mol. The Labute approximate surface area is 114 Å². The van der Waals surface area contributed by atoms with Gasteiger partial charge in [0.25, 0.3) is 5.91 Å². The number of rotatable bonds is 3. The van der Waals surface area contributed by atoms with Crippen molar-refractivity contribution in [3.63, 3.8) is 0 Å². The zero-order valence-corrected chi connectivity index (χ0v) is 11.1. The largest absolute Gasteiger partial charge is 0.354 e. The summed E-state index contributed by atoms with van der Waals surface area (Å²) in [5.74, 6) is -0.248. The number of carbonyl (C=O) groups excluding carboxylic acids is 1. The van der Waals surface area contributed by atoms with Crippen molar-refractivity contribution in [1.29, 1.82) is 0 Å². The van der Waals surface area contributed by atoms with Gasteiger partial charge in [-0.25, -0.2) is 0 Å². The van der Waals surface area contributed by atoms with Gasteiger partial charge >= 0.3 is 0 Å². The van der Waals surface area contributed by atoms with Crippen LogP contribution in [0.15, 0.2) is 46.3 Å². The number of nitrogens with zero attached hydrogens (tertiary/aromatic N) is 2. The molecule has 0 aliphatic carbocycles. The fourth-order valence-electron chi connectivity index (χ4n) is 1.27. The maximum Gasteiger partial charge on any atom is 0.271 e. The first-order chi connectivity index (χ1) is 8.69. The summed E-state index contributed by atoms with van der Waals surface area (Å²) in [6, 6.07) is 10.9. The Bertz CT molecular complexity index is 560. The van der Waals surface area contributed by atoms with Gasteiger partial charge < -0.3 is 5.32 Å². The minimum atomic E-state index is -0.248. The van der Waals surface area contributed by atoms with E-state index in [0.29, 0.717) is 15.7 Å². The van der Waals surface area contributed by atoms with Crippen LogP contribution >= 0.6 is 23.4 Å². The van der Waals surface area contributed by atoms with E-state index in [9.17, 15) is 4.79 Å². The van der Waals surface area contributed by atoms with Crippen LogP contribution in [-0.2, 0) is 0 Å². The van der Waals surface area contributed by atoms with E-state index >= 15 is 0 Å². The minimum absolute atomic E-state index is 0.248. The fourth-order valence-corrected chi connectivity index (χ4v) is 2.32. The SMILES string of the molecule is CNC(=O)c1ccc(Sc2cccc(Cl)c2)nn1. The molecule has 0 atom stereocenters. The number of benzene rings is 1. The Morgan fingerprint density at radius 2 is 2.11 bits per heavy atom. The number of hydrogen-bond donors (Lipinski definition) is 1. The lowest BCUT2D eigenvalue weighted by molar-refractivity contribution is 0.0957. The highest BCUT2D eigenvalue weighted by Gasteiger charge is 2.06. The molecule has 0 aliphatic rings. The first-order valence-corrected chi connectivity index (χ1v) is 6.38. The molecular formula is C12H10ClN3OS. The van der Waals surface area contributed by atoms with Gasteiger partial charge in [0, 0.05) is 17.0 Å². The van der Waals surface area contributed by atoms with E-state index in [1.165, 1.54) is 11.8 Å². The predicted octanol–water partition coefficient (Wildman–Crippen LogP) is 2.64. The molecule has 2 rings (SSSR count). The molecule has 0 saturated heterocycles. The number of aromatic nitrogens is 2. The number of amides is 1. The van der Waals surface area contributed by atoms with Gasteiger partial charge in [-0.2, -0.15) is 0 Å². The molecule has 0 radical (unpaired) electrons. The van der Waals surface area contributed by atoms with Crippen molar-refractivity contribution in [1.82, 2.24) is 15.5 Å². The molecule has 18 heavy (non-hydrogen) atoms. The molecule has 92 valence electrons. The molecule has 1 aromatic heterocycles. The van der Waals surface area contributed by atoms with Crippen molar-refractivity contribution in [3.8, 4) is 0 Å². The maximum absolute atomic E-state index is 11.3. The first-order valence-electron chi connectivity index (χ1n) is 5.18. The predicted molar refractivity (Wildman–Crippen MR) is 71.0 cm³/mol. The van der Waals surface area contributed by atoms with E-state index in [0.717, 1.165) is 4.90 Å². The van der Waals surface area contributed by atoms with Gasteiger partial charge in [0.05, 0.1) is 0 Å². The quantitative estimate of drug-likeness (QED) is 0.938. The lowest BCUT2D eigenvalue weighted by Crippen LogP contribution is -2.19. The summed E-state index contributed by atoms with van der Waals surface area (Å²) >= 11 is 7.33. The van der Waals surface area contributed by atoms with Gasteiger partial charge in [-0.15, -0.1) is 10.2 Å². The van der Waals surface area contributed by atoms with Crippen LogP contribution < -0.4 is 5.32 Å². The number of carbonyl (C=O) groups is 1. The molecule has 1 heterocycles. The van der Waals surface area contributed by atoms with Crippen LogP contribution in [0.1, 0.15) is 10.5 Å². The van der Waals surface area contributed by atoms with Gasteiger partial charge in [-0.3, -0.25) is 4.79 Å². The standard InChI is InChI=1S/C12H10ClN3OS/c1-14-12(17)10-5-6-11(16-15-10)18-9-4-2-3-8(13)7-9/h2-7H,1H3,(H,14,17). The summed E-state index contributed by atoms with van der Waals surface area (Å²) in [6.45, 7) is 0. The highest BCUT2D eigenvalue weighted by molar-refractivity contribution is 7.99. The lowest BCUT2D eigenvalue weighted by Gasteiger charge is -2.02. The van der Waals surface area contributed by atoms with Crippen molar-refractivity contribution in [2.24, 2.45) is 0 Å². The highest BCUT2D eigenvalue weighted by Crippen LogP contribution is 2.27. The molecule has 4 nitrogen and oxygen atoms in total. The van der Waals surface area contributed by atoms with Crippen LogP contribution in [0.2, 0.25) is 5.02 Å². The molecule has 1 amide bonds. The zero-order valence-electron chi connectivity index (χ0n) is 9.55. The van der Waals surface area contributed by atoms with Crippen LogP contribution in [-0.4, -0.2) is 23.2 Å². The Morgan fingerprint density at radius 1 is 1.28 bits per heavy atom. The van der Waals surface area contributed by atoms with E-state index in [1.807, 2.05) is 24.3 Å². The minimum Gasteiger partial charge on any atom is -0.354 e. The average molecular weight is 280 g/mol. The second-order valence-electron chi connectivity index (χ2n) is 3.40. The average Bonchev–Trinajstić information content (AvgIpc) is 2.39. The van der Waals surface area contributed by atoms with Gasteiger partial charge in [-0.1, -0.05) is 29.4 Å². The fraction of sp³-hybridized carbons (Fsp3) is 0.0833. The summed E-state index contributed by atoms with van der Waals surface area (Å²) in [6.07, 6.45) is 0. The number of nitrogens with one attached hydrogen (secondary N) is 1. The van der Waals surface area contributed by atoms with Crippen LogP contribution in [0.5, 0.6) is 0 Å². The van der Waals surface area contributed by atoms with Crippen molar-refractivity contribution < 1.29 is 4.79 Å². The van der Waals surface area contributed by atoms with Crippen LogP contribution in [0.4, 0.5) is 0 Å². The van der Waals surface area contributed by atoms with Gasteiger partial charge in [0.1, 0.15) is 5.03 Å². The molecule has 0 spiro atoms. The molecule has 0 unspecified atom stereocenters. The molecule has 2 aromatic rings. The third-order valence-electron chi connectivity index (χ3n) is 2.12. The molecule has 6 heteroatoms. The van der Waals surface area contributed by atoms with Crippen molar-refractivity contribution >= 4 is 29.3 Å². The van der Waals surface area contributed by atoms with Crippen LogP contribution in [0, 0.1) is 0 Å². The van der Waals surface area contributed by atoms with Gasteiger partial charge in [0.15, 0.2) is 5.69 Å². The van der Waals surface area contributed by atoms with E-state index in [4.69, 9.17) is 11.6 Å². The summed E-state index contributed by atoms with van der Waals surface area (Å²) in [5, 5.41) is 11.7. The normalized spacial score (nSPS) is 10.1. The summed E-state index contributed by atoms with van der Waals surface area (Å²) in [5.41, 5.74) is 0.299. The molecule has 0 saturated carbocycles. The smallest absolute Gasteiger partial charge is 0.271 e. The first kappa shape index (κ1) is 12.9. The van der Waals surface area contributed by atoms with Crippen molar-refractivity contribution in [2.45, 2.75) is 9.92 Å². The monoisotopic (exact) mass is 279 g/mol. The van der Waals surface area contributed by atoms with Crippen molar-refractivity contribution in [2.75, 3.05) is 7.05 Å². The Balaban J connectivity index is 2.13. The van der Waals surface area contributed by atoms with Crippen LogP contribution in [0.3, 0.4) is 0 Å². The van der Waals surface area contributed by atoms with E-state index in [-0.39, 0.29) is 5.91 Å². The lowest BCUT2D eigenvalue weighted by atomic mass is 10.4. The Kier molecular flexibility index (Phi) is 4.17. The van der Waals surface area contributed by atoms with Crippen LogP contribution in [0.25, 0.3) is 0 Å². The zero-order chi connectivity index (χ0) is 13.0. The second kappa shape index (κ2) is 5.84. The maximum atomic E-state index is 11.3. The molecule has 1 aromatic carbocycles. The molecule has 0 bridgehead atoms. The Morgan fingerprint density at radius 3 is 2.72 bits per heavy atom. The van der Waals surface area contributed by atoms with Gasteiger partial charge in [-0.05, 0) is 30.3 Å². The molecule has 0 aliphatic heterocycles. The summed E-state index contributed by atoms with van der Waals surface area (Å²) in [7, 11) is 1.55. The Hall–Kier alpha value is -1.59. The van der Waals surface area contributed by atoms with E-state index in [1.54, 1.807) is 19.2 Å². The third kappa shape index (κ3) is 3.21. The molecule has 0 fully saturated rings. The summed E-state index contributed by atoms with van der Waals surface area (Å²) in [4.78, 5) is 12.3. The third-order valence-corrected chi connectivity index (χ3v) is 3.27. The van der Waals surface area contributed by atoms with Crippen molar-refractivity contribution in [3.05, 3.63) is 47.1 Å². The number of hydrogen-bond acceptors (Lipinski definition) is 4. The highest BCUT2D eigenvalue weighted by atomic mass is 35.5. The summed E-state index contributed by atoms with van der Waals surface area (Å²) < 4.78 is 0. The van der Waals surface area contributed by atoms with Gasteiger partial charge in [0.2, 0.25) is 0 Å². The van der Waals surface area contributed by atoms with E-state index < -0.39 is 0 Å². The number of halogens is 1.